The van der Waals surface area contributed by atoms with Crippen LogP contribution >= 0.6 is 0 Å². The molecule has 1 rings (SSSR count). The fourth-order valence-corrected chi connectivity index (χ4v) is 1.20. The van der Waals surface area contributed by atoms with Gasteiger partial charge in [-0.25, -0.2) is 5.43 Å². The SMILES string of the molecule is CCN[N]CC(C)c1ccccc1. The van der Waals surface area contributed by atoms with Crippen LogP contribution in [-0.4, -0.2) is 13.1 Å². The Morgan fingerprint density at radius 1 is 1.31 bits per heavy atom. The molecule has 0 aliphatic carbocycles. The van der Waals surface area contributed by atoms with Crippen molar-refractivity contribution in [3.63, 3.8) is 0 Å². The molecule has 0 saturated heterocycles. The molecular weight excluding hydrogens is 160 g/mol. The smallest absolute Gasteiger partial charge is 0.0370 e. The van der Waals surface area contributed by atoms with Crippen LogP contribution in [0.4, 0.5) is 0 Å². The Kier molecular flexibility index (Phi) is 4.50. The van der Waals surface area contributed by atoms with Gasteiger partial charge in [-0.2, -0.15) is 5.43 Å². The molecule has 2 heteroatoms. The van der Waals surface area contributed by atoms with E-state index in [1.54, 1.807) is 0 Å². The van der Waals surface area contributed by atoms with Crippen LogP contribution in [0.25, 0.3) is 0 Å². The third-order valence-electron chi connectivity index (χ3n) is 2.00. The third-order valence-corrected chi connectivity index (χ3v) is 2.00. The van der Waals surface area contributed by atoms with E-state index in [1.165, 1.54) is 5.56 Å². The molecule has 1 radical (unpaired) electrons. The minimum Gasteiger partial charge on any atom is -0.240 e. The van der Waals surface area contributed by atoms with Crippen molar-refractivity contribution in [3.8, 4) is 0 Å². The lowest BCUT2D eigenvalue weighted by Gasteiger charge is -2.10. The lowest BCUT2D eigenvalue weighted by molar-refractivity contribution is 0.506. The first-order chi connectivity index (χ1) is 6.34. The summed E-state index contributed by atoms with van der Waals surface area (Å²) in [5, 5.41) is 0. The summed E-state index contributed by atoms with van der Waals surface area (Å²) in [4.78, 5) is 0. The van der Waals surface area contributed by atoms with E-state index in [1.807, 2.05) is 6.07 Å². The molecule has 1 aromatic carbocycles. The van der Waals surface area contributed by atoms with Crippen LogP contribution in [0.2, 0.25) is 0 Å². The molecule has 0 amide bonds. The van der Waals surface area contributed by atoms with Gasteiger partial charge in [0.2, 0.25) is 0 Å². The van der Waals surface area contributed by atoms with Gasteiger partial charge in [0, 0.05) is 13.1 Å². The molecule has 1 aromatic rings. The maximum absolute atomic E-state index is 4.22. The molecule has 1 atom stereocenters. The molecule has 0 spiro atoms. The monoisotopic (exact) mass is 177 g/mol. The van der Waals surface area contributed by atoms with Gasteiger partial charge in [0.15, 0.2) is 0 Å². The summed E-state index contributed by atoms with van der Waals surface area (Å²) in [7, 11) is 0. The number of nitrogens with zero attached hydrogens (tertiary/aromatic N) is 1. The first-order valence-electron chi connectivity index (χ1n) is 4.79. The lowest BCUT2D eigenvalue weighted by Crippen LogP contribution is -2.27. The second kappa shape index (κ2) is 5.73. The molecule has 0 saturated carbocycles. The van der Waals surface area contributed by atoms with Crippen LogP contribution in [0.1, 0.15) is 25.3 Å². The first-order valence-corrected chi connectivity index (χ1v) is 4.79. The largest absolute Gasteiger partial charge is 0.240 e. The quantitative estimate of drug-likeness (QED) is 0.539. The van der Waals surface area contributed by atoms with Gasteiger partial charge in [0.05, 0.1) is 0 Å². The van der Waals surface area contributed by atoms with E-state index < -0.39 is 0 Å². The van der Waals surface area contributed by atoms with E-state index in [4.69, 9.17) is 0 Å². The Morgan fingerprint density at radius 3 is 2.62 bits per heavy atom. The molecule has 0 aliphatic heterocycles. The average Bonchev–Trinajstić information content (AvgIpc) is 2.19. The number of benzene rings is 1. The highest BCUT2D eigenvalue weighted by atomic mass is 15.3. The summed E-state index contributed by atoms with van der Waals surface area (Å²) in [6.45, 7) is 5.99. The molecule has 71 valence electrons. The molecule has 0 fully saturated rings. The summed E-state index contributed by atoms with van der Waals surface area (Å²) < 4.78 is 0. The summed E-state index contributed by atoms with van der Waals surface area (Å²) in [5.74, 6) is 0.500. The minimum atomic E-state index is 0.500. The van der Waals surface area contributed by atoms with Crippen LogP contribution in [0.15, 0.2) is 30.3 Å². The zero-order valence-electron chi connectivity index (χ0n) is 8.33. The van der Waals surface area contributed by atoms with Gasteiger partial charge in [-0.1, -0.05) is 44.2 Å². The van der Waals surface area contributed by atoms with E-state index in [9.17, 15) is 0 Å². The Hall–Kier alpha value is -0.860. The van der Waals surface area contributed by atoms with Crippen molar-refractivity contribution in [2.45, 2.75) is 19.8 Å². The van der Waals surface area contributed by atoms with Gasteiger partial charge in [-0.05, 0) is 11.5 Å². The predicted octanol–water partition coefficient (Wildman–Crippen LogP) is 1.92. The van der Waals surface area contributed by atoms with Crippen molar-refractivity contribution in [3.05, 3.63) is 35.9 Å². The standard InChI is InChI=1S/C11H17N2/c1-3-12-13-9-10(2)11-7-5-4-6-8-11/h4-8,10,12H,3,9H2,1-2H3. The summed E-state index contributed by atoms with van der Waals surface area (Å²) in [5.41, 5.74) is 8.54. The molecule has 2 nitrogen and oxygen atoms in total. The summed E-state index contributed by atoms with van der Waals surface area (Å²) >= 11 is 0. The Morgan fingerprint density at radius 2 is 2.00 bits per heavy atom. The molecular formula is C11H17N2. The van der Waals surface area contributed by atoms with Crippen LogP contribution in [0.5, 0.6) is 0 Å². The zero-order valence-corrected chi connectivity index (χ0v) is 8.33. The van der Waals surface area contributed by atoms with E-state index >= 15 is 0 Å². The van der Waals surface area contributed by atoms with Gasteiger partial charge >= 0.3 is 0 Å². The minimum absolute atomic E-state index is 0.500. The molecule has 0 bridgehead atoms. The van der Waals surface area contributed by atoms with Crippen LogP contribution in [-0.2, 0) is 0 Å². The predicted molar refractivity (Wildman–Crippen MR) is 55.5 cm³/mol. The van der Waals surface area contributed by atoms with Crippen LogP contribution < -0.4 is 10.9 Å². The second-order valence-electron chi connectivity index (χ2n) is 3.16. The normalized spacial score (nSPS) is 12.8. The summed E-state index contributed by atoms with van der Waals surface area (Å²) in [6.07, 6.45) is 0. The number of hydrogen-bond acceptors (Lipinski definition) is 1. The van der Waals surface area contributed by atoms with Crippen molar-refractivity contribution < 1.29 is 0 Å². The Balaban J connectivity index is 2.35. The number of hydrogen-bond donors (Lipinski definition) is 1. The molecule has 13 heavy (non-hydrogen) atoms. The number of nitrogens with one attached hydrogen (secondary N) is 1. The van der Waals surface area contributed by atoms with Crippen LogP contribution in [0.3, 0.4) is 0 Å². The van der Waals surface area contributed by atoms with E-state index in [-0.39, 0.29) is 0 Å². The van der Waals surface area contributed by atoms with Crippen molar-refractivity contribution in [1.29, 1.82) is 0 Å². The van der Waals surface area contributed by atoms with Gasteiger partial charge in [0.25, 0.3) is 0 Å². The third kappa shape index (κ3) is 3.57. The number of rotatable bonds is 5. The average molecular weight is 177 g/mol. The highest BCUT2D eigenvalue weighted by Crippen LogP contribution is 2.12. The molecule has 0 heterocycles. The van der Waals surface area contributed by atoms with Crippen molar-refractivity contribution in [1.82, 2.24) is 10.9 Å². The van der Waals surface area contributed by atoms with E-state index in [0.717, 1.165) is 13.1 Å². The Labute approximate surface area is 80.3 Å². The van der Waals surface area contributed by atoms with E-state index in [2.05, 4.69) is 49.0 Å². The van der Waals surface area contributed by atoms with Gasteiger partial charge in [0.1, 0.15) is 0 Å². The van der Waals surface area contributed by atoms with Crippen molar-refractivity contribution >= 4 is 0 Å². The fourth-order valence-electron chi connectivity index (χ4n) is 1.20. The summed E-state index contributed by atoms with van der Waals surface area (Å²) in [6, 6.07) is 10.5. The maximum atomic E-state index is 4.22. The fraction of sp³-hybridized carbons (Fsp3) is 0.455. The van der Waals surface area contributed by atoms with Crippen molar-refractivity contribution in [2.24, 2.45) is 0 Å². The topological polar surface area (TPSA) is 26.1 Å². The van der Waals surface area contributed by atoms with Crippen molar-refractivity contribution in [2.75, 3.05) is 13.1 Å². The highest BCUT2D eigenvalue weighted by Gasteiger charge is 2.03. The molecule has 0 aromatic heterocycles. The van der Waals surface area contributed by atoms with E-state index in [0.29, 0.717) is 5.92 Å². The Bertz CT molecular complexity index is 221. The highest BCUT2D eigenvalue weighted by molar-refractivity contribution is 5.18. The maximum Gasteiger partial charge on any atom is 0.0370 e. The molecule has 1 unspecified atom stereocenters. The van der Waals surface area contributed by atoms with Gasteiger partial charge < -0.3 is 0 Å². The first kappa shape index (κ1) is 10.2. The van der Waals surface area contributed by atoms with Gasteiger partial charge in [-0.15, -0.1) is 0 Å². The zero-order chi connectivity index (χ0) is 9.52. The molecule has 1 N–H and O–H groups in total. The molecule has 0 aliphatic rings. The second-order valence-corrected chi connectivity index (χ2v) is 3.16. The van der Waals surface area contributed by atoms with Gasteiger partial charge in [-0.3, -0.25) is 0 Å². The van der Waals surface area contributed by atoms with Crippen LogP contribution in [0, 0.1) is 0 Å². The lowest BCUT2D eigenvalue weighted by atomic mass is 10.0.